The van der Waals surface area contributed by atoms with Gasteiger partial charge < -0.3 is 30.1 Å². The van der Waals surface area contributed by atoms with E-state index in [4.69, 9.17) is 9.47 Å². The molecule has 46 heavy (non-hydrogen) atoms. The molecule has 0 bridgehead atoms. The largest absolute Gasteiger partial charge is 0.507 e. The topological polar surface area (TPSA) is 134 Å². The lowest BCUT2D eigenvalue weighted by atomic mass is 9.91. The van der Waals surface area contributed by atoms with Crippen LogP contribution in [0.3, 0.4) is 0 Å². The molecule has 0 fully saturated rings. The molecule has 254 valence electrons. The molecule has 10 heteroatoms. The molecule has 0 aliphatic carbocycles. The zero-order valence-corrected chi connectivity index (χ0v) is 29.5. The van der Waals surface area contributed by atoms with E-state index in [-0.39, 0.29) is 17.7 Å². The van der Waals surface area contributed by atoms with Gasteiger partial charge in [-0.3, -0.25) is 9.59 Å². The van der Waals surface area contributed by atoms with Crippen LogP contribution in [0.15, 0.2) is 48.5 Å². The van der Waals surface area contributed by atoms with Crippen LogP contribution in [0, 0.1) is 12.8 Å². The van der Waals surface area contributed by atoms with Gasteiger partial charge in [0.05, 0.1) is 0 Å². The molecular formula is C36H53N3O7. The third-order valence-electron chi connectivity index (χ3n) is 6.93. The van der Waals surface area contributed by atoms with Crippen LogP contribution in [-0.2, 0) is 30.3 Å². The van der Waals surface area contributed by atoms with E-state index in [1.165, 1.54) is 4.90 Å². The molecule has 0 radical (unpaired) electrons. The normalized spacial score (nSPS) is 14.1. The molecule has 3 amide bonds. The number of amides is 3. The smallest absolute Gasteiger partial charge is 0.408 e. The number of hydrogen-bond donors (Lipinski definition) is 3. The summed E-state index contributed by atoms with van der Waals surface area (Å²) in [7, 11) is 0. The standard InChI is InChI=1S/C36H53N3O7/c1-22(2)27(38-33(44)46-36(10,11)12)31(42)39(34(4,5)6)28(25-20-16-17-23(3)29(25)40)30(41)37-26(32(43)45-35(7,8)9)21-24-18-14-13-15-19-24/h13-20,22,26-28,40H,21H2,1-12H3,(H,37,41)(H,38,44). The highest BCUT2D eigenvalue weighted by atomic mass is 16.6. The first-order chi connectivity index (χ1) is 21.0. The minimum absolute atomic E-state index is 0.131. The molecule has 0 spiro atoms. The second kappa shape index (κ2) is 15.0. The number of phenolic OH excluding ortho intramolecular Hbond substituents is 1. The fraction of sp³-hybridized carbons (Fsp3) is 0.556. The highest BCUT2D eigenvalue weighted by molar-refractivity contribution is 5.95. The lowest BCUT2D eigenvalue weighted by Gasteiger charge is -2.44. The van der Waals surface area contributed by atoms with Crippen molar-refractivity contribution in [2.45, 2.75) is 124 Å². The van der Waals surface area contributed by atoms with Gasteiger partial charge >= 0.3 is 12.1 Å². The Balaban J connectivity index is 2.70. The Morgan fingerprint density at radius 3 is 1.87 bits per heavy atom. The highest BCUT2D eigenvalue weighted by Gasteiger charge is 2.44. The molecule has 10 nitrogen and oxygen atoms in total. The van der Waals surface area contributed by atoms with Crippen LogP contribution in [-0.4, -0.2) is 62.7 Å². The fourth-order valence-electron chi connectivity index (χ4n) is 4.91. The van der Waals surface area contributed by atoms with Gasteiger partial charge in [0.2, 0.25) is 11.8 Å². The number of nitrogens with zero attached hydrogens (tertiary/aromatic N) is 1. The maximum Gasteiger partial charge on any atom is 0.408 e. The summed E-state index contributed by atoms with van der Waals surface area (Å²) in [5.74, 6) is -2.46. The molecule has 2 aromatic rings. The maximum atomic E-state index is 14.5. The zero-order valence-electron chi connectivity index (χ0n) is 29.5. The number of nitrogens with one attached hydrogen (secondary N) is 2. The number of para-hydroxylation sites is 1. The van der Waals surface area contributed by atoms with E-state index in [0.29, 0.717) is 5.56 Å². The zero-order chi connectivity index (χ0) is 35.2. The van der Waals surface area contributed by atoms with Crippen molar-refractivity contribution in [3.63, 3.8) is 0 Å². The lowest BCUT2D eigenvalue weighted by molar-refractivity contribution is -0.159. The van der Waals surface area contributed by atoms with Crippen LogP contribution in [0.25, 0.3) is 0 Å². The van der Waals surface area contributed by atoms with Crippen molar-refractivity contribution in [3.05, 3.63) is 65.2 Å². The van der Waals surface area contributed by atoms with Gasteiger partial charge in [0.15, 0.2) is 0 Å². The summed E-state index contributed by atoms with van der Waals surface area (Å²) in [6.07, 6.45) is -0.646. The minimum atomic E-state index is -1.39. The molecule has 0 saturated heterocycles. The lowest BCUT2D eigenvalue weighted by Crippen LogP contribution is -2.60. The van der Waals surface area contributed by atoms with E-state index < -0.39 is 64.7 Å². The van der Waals surface area contributed by atoms with E-state index in [1.54, 1.807) is 101 Å². The minimum Gasteiger partial charge on any atom is -0.507 e. The van der Waals surface area contributed by atoms with Crippen LogP contribution in [0.1, 0.15) is 98.9 Å². The van der Waals surface area contributed by atoms with Crippen LogP contribution in [0.4, 0.5) is 4.79 Å². The summed E-state index contributed by atoms with van der Waals surface area (Å²) < 4.78 is 11.1. The Morgan fingerprint density at radius 2 is 1.37 bits per heavy atom. The van der Waals surface area contributed by atoms with Crippen molar-refractivity contribution in [3.8, 4) is 5.75 Å². The summed E-state index contributed by atoms with van der Waals surface area (Å²) in [6, 6.07) is 10.6. The molecular weight excluding hydrogens is 586 g/mol. The average Bonchev–Trinajstić information content (AvgIpc) is 2.89. The van der Waals surface area contributed by atoms with E-state index in [9.17, 15) is 24.3 Å². The van der Waals surface area contributed by atoms with Gasteiger partial charge in [-0.15, -0.1) is 0 Å². The second-order valence-corrected chi connectivity index (χ2v) is 14.9. The third-order valence-corrected chi connectivity index (χ3v) is 6.93. The van der Waals surface area contributed by atoms with Gasteiger partial charge in [-0.2, -0.15) is 0 Å². The second-order valence-electron chi connectivity index (χ2n) is 14.9. The van der Waals surface area contributed by atoms with Gasteiger partial charge in [0, 0.05) is 17.5 Å². The number of ether oxygens (including phenoxy) is 2. The third kappa shape index (κ3) is 11.1. The van der Waals surface area contributed by atoms with Crippen LogP contribution < -0.4 is 10.6 Å². The van der Waals surface area contributed by atoms with E-state index in [2.05, 4.69) is 10.6 Å². The number of alkyl carbamates (subject to hydrolysis) is 1. The Bertz CT molecular complexity index is 1370. The first kappa shape index (κ1) is 38.1. The molecule has 3 N–H and O–H groups in total. The summed E-state index contributed by atoms with van der Waals surface area (Å²) in [5, 5.41) is 16.8. The van der Waals surface area contributed by atoms with Gasteiger partial charge in [-0.25, -0.2) is 9.59 Å². The van der Waals surface area contributed by atoms with Gasteiger partial charge in [0.1, 0.15) is 35.1 Å². The molecule has 0 saturated carbocycles. The highest BCUT2D eigenvalue weighted by Crippen LogP contribution is 2.36. The number of carbonyl (C=O) groups excluding carboxylic acids is 4. The molecule has 2 rings (SSSR count). The van der Waals surface area contributed by atoms with Crippen LogP contribution in [0.5, 0.6) is 5.75 Å². The number of aromatic hydroxyl groups is 1. The monoisotopic (exact) mass is 639 g/mol. The average molecular weight is 640 g/mol. The Kier molecular flexibility index (Phi) is 12.4. The number of carbonyl (C=O) groups is 4. The molecule has 0 aliphatic rings. The number of esters is 1. The molecule has 0 heterocycles. The summed E-state index contributed by atoms with van der Waals surface area (Å²) in [6.45, 7) is 20.9. The van der Waals surface area contributed by atoms with Gasteiger partial charge in [-0.05, 0) is 86.3 Å². The number of benzene rings is 2. The number of hydrogen-bond acceptors (Lipinski definition) is 7. The van der Waals surface area contributed by atoms with Crippen molar-refractivity contribution in [1.29, 1.82) is 0 Å². The predicted octanol–water partition coefficient (Wildman–Crippen LogP) is 5.99. The van der Waals surface area contributed by atoms with Crippen LogP contribution in [0.2, 0.25) is 0 Å². The fourth-order valence-corrected chi connectivity index (χ4v) is 4.91. The SMILES string of the molecule is Cc1cccc(C(C(=O)NC(Cc2ccccc2)C(=O)OC(C)(C)C)N(C(=O)C(NC(=O)OC(C)(C)C)C(C)C)C(C)(C)C)c1O. The summed E-state index contributed by atoms with van der Waals surface area (Å²) in [5.41, 5.74) is -1.17. The molecule has 0 aliphatic heterocycles. The van der Waals surface area contributed by atoms with Gasteiger partial charge in [-0.1, -0.05) is 62.4 Å². The van der Waals surface area contributed by atoms with Crippen LogP contribution >= 0.6 is 0 Å². The number of aryl methyl sites for hydroxylation is 1. The van der Waals surface area contributed by atoms with E-state index in [1.807, 2.05) is 30.3 Å². The summed E-state index contributed by atoms with van der Waals surface area (Å²) in [4.78, 5) is 56.8. The first-order valence-electron chi connectivity index (χ1n) is 15.7. The quantitative estimate of drug-likeness (QED) is 0.272. The predicted molar refractivity (Wildman–Crippen MR) is 178 cm³/mol. The molecule has 2 aromatic carbocycles. The van der Waals surface area contributed by atoms with Crippen molar-refractivity contribution in [2.75, 3.05) is 0 Å². The molecule has 3 atom stereocenters. The molecule has 0 aromatic heterocycles. The molecule has 3 unspecified atom stereocenters. The Labute approximate surface area is 274 Å². The maximum absolute atomic E-state index is 14.5. The number of phenols is 1. The van der Waals surface area contributed by atoms with Crippen molar-refractivity contribution in [1.82, 2.24) is 15.5 Å². The Hall–Kier alpha value is -4.08. The number of rotatable bonds is 10. The van der Waals surface area contributed by atoms with Crippen molar-refractivity contribution in [2.24, 2.45) is 5.92 Å². The Morgan fingerprint density at radius 1 is 0.804 bits per heavy atom. The van der Waals surface area contributed by atoms with E-state index in [0.717, 1.165) is 5.56 Å². The van der Waals surface area contributed by atoms with Crippen molar-refractivity contribution >= 4 is 23.9 Å². The first-order valence-corrected chi connectivity index (χ1v) is 15.7. The van der Waals surface area contributed by atoms with Gasteiger partial charge in [0.25, 0.3) is 0 Å². The van der Waals surface area contributed by atoms with E-state index >= 15 is 0 Å². The van der Waals surface area contributed by atoms with Crippen molar-refractivity contribution < 1.29 is 33.8 Å². The summed E-state index contributed by atoms with van der Waals surface area (Å²) >= 11 is 0.